The van der Waals surface area contributed by atoms with E-state index < -0.39 is 0 Å². The summed E-state index contributed by atoms with van der Waals surface area (Å²) in [5, 5.41) is 0.603. The molecule has 17 heavy (non-hydrogen) atoms. The number of thioether (sulfide) groups is 1. The predicted octanol–water partition coefficient (Wildman–Crippen LogP) is 1.84. The fraction of sp³-hybridized carbons (Fsp3) is 0.700. The number of nitrogens with two attached hydrogens (primary N) is 1. The molecular formula is C10H19N5OS. The maximum absolute atomic E-state index is 5.38. The first-order chi connectivity index (χ1) is 7.94. The van der Waals surface area contributed by atoms with Crippen LogP contribution in [0.5, 0.6) is 6.01 Å². The summed E-state index contributed by atoms with van der Waals surface area (Å²) in [5.41, 5.74) is 2.41. The van der Waals surface area contributed by atoms with Crippen molar-refractivity contribution >= 4 is 17.7 Å². The molecule has 0 unspecified atom stereocenters. The lowest BCUT2D eigenvalue weighted by Crippen LogP contribution is -2.15. The Morgan fingerprint density at radius 2 is 2.00 bits per heavy atom. The van der Waals surface area contributed by atoms with Crippen LogP contribution < -0.4 is 16.0 Å². The third-order valence-electron chi connectivity index (χ3n) is 1.56. The van der Waals surface area contributed by atoms with Crippen LogP contribution in [0.1, 0.15) is 34.1 Å². The molecule has 96 valence electrons. The van der Waals surface area contributed by atoms with Crippen molar-refractivity contribution in [2.24, 2.45) is 5.84 Å². The quantitative estimate of drug-likeness (QED) is 0.473. The number of ether oxygens (including phenoxy) is 1. The Morgan fingerprint density at radius 1 is 1.29 bits per heavy atom. The van der Waals surface area contributed by atoms with Crippen LogP contribution in [0.2, 0.25) is 0 Å². The number of nitrogens with one attached hydrogen (secondary N) is 1. The number of anilines is 1. The molecule has 0 bridgehead atoms. The number of rotatable bonds is 5. The summed E-state index contributed by atoms with van der Waals surface area (Å²) in [4.78, 5) is 12.4. The molecule has 1 rings (SSSR count). The van der Waals surface area contributed by atoms with E-state index in [0.717, 1.165) is 6.42 Å². The second kappa shape index (κ2) is 6.02. The molecule has 0 aliphatic carbocycles. The van der Waals surface area contributed by atoms with Crippen LogP contribution in [0.25, 0.3) is 0 Å². The second-order valence-corrected chi connectivity index (χ2v) is 6.23. The molecular weight excluding hydrogens is 238 g/mol. The van der Waals surface area contributed by atoms with Crippen LogP contribution in [0, 0.1) is 0 Å². The molecule has 3 N–H and O–H groups in total. The Balaban J connectivity index is 2.88. The maximum Gasteiger partial charge on any atom is 0.322 e. The number of nitrogen functional groups attached to an aromatic ring is 1. The summed E-state index contributed by atoms with van der Waals surface area (Å²) in [6.07, 6.45) is 0.902. The van der Waals surface area contributed by atoms with Gasteiger partial charge in [-0.05, 0) is 6.42 Å². The average molecular weight is 257 g/mol. The highest BCUT2D eigenvalue weighted by molar-refractivity contribution is 8.00. The first-order valence-electron chi connectivity index (χ1n) is 5.49. The van der Waals surface area contributed by atoms with Gasteiger partial charge in [-0.25, -0.2) is 5.84 Å². The van der Waals surface area contributed by atoms with Gasteiger partial charge in [0.15, 0.2) is 5.16 Å². The van der Waals surface area contributed by atoms with Crippen LogP contribution in [0.4, 0.5) is 5.95 Å². The summed E-state index contributed by atoms with van der Waals surface area (Å²) in [6.45, 7) is 8.86. The van der Waals surface area contributed by atoms with E-state index >= 15 is 0 Å². The highest BCUT2D eigenvalue weighted by Gasteiger charge is 2.16. The predicted molar refractivity (Wildman–Crippen MR) is 69.0 cm³/mol. The van der Waals surface area contributed by atoms with E-state index in [4.69, 9.17) is 10.6 Å². The molecule has 0 saturated carbocycles. The SMILES string of the molecule is CCCOc1nc(NN)nc(SC(C)(C)C)n1. The van der Waals surface area contributed by atoms with Gasteiger partial charge < -0.3 is 4.74 Å². The van der Waals surface area contributed by atoms with E-state index in [-0.39, 0.29) is 4.75 Å². The Kier molecular flexibility index (Phi) is 4.95. The Hall–Kier alpha value is -1.08. The lowest BCUT2D eigenvalue weighted by atomic mass is 10.3. The standard InChI is InChI=1S/C10H19N5OS/c1-5-6-16-8-12-7(15-11)13-9(14-8)17-10(2,3)4/h5-6,11H2,1-4H3,(H,12,13,14,15). The molecule has 0 aliphatic rings. The topological polar surface area (TPSA) is 86.0 Å². The van der Waals surface area contributed by atoms with Crippen LogP contribution in [-0.4, -0.2) is 26.3 Å². The minimum absolute atomic E-state index is 0.0231. The van der Waals surface area contributed by atoms with Gasteiger partial charge >= 0.3 is 6.01 Å². The van der Waals surface area contributed by atoms with Crippen molar-refractivity contribution in [3.8, 4) is 6.01 Å². The lowest BCUT2D eigenvalue weighted by Gasteiger charge is -2.16. The van der Waals surface area contributed by atoms with Crippen LogP contribution in [0.3, 0.4) is 0 Å². The number of hydrogen-bond acceptors (Lipinski definition) is 7. The normalized spacial score (nSPS) is 11.4. The van der Waals surface area contributed by atoms with Gasteiger partial charge in [-0.15, -0.1) is 0 Å². The molecule has 0 atom stereocenters. The highest BCUT2D eigenvalue weighted by atomic mass is 32.2. The number of hydrazine groups is 1. The summed E-state index contributed by atoms with van der Waals surface area (Å²) < 4.78 is 5.40. The average Bonchev–Trinajstić information content (AvgIpc) is 2.23. The zero-order valence-electron chi connectivity index (χ0n) is 10.6. The molecule has 0 fully saturated rings. The molecule has 6 nitrogen and oxygen atoms in total. The number of aromatic nitrogens is 3. The van der Waals surface area contributed by atoms with E-state index in [9.17, 15) is 0 Å². The summed E-state index contributed by atoms with van der Waals surface area (Å²) in [6, 6.07) is 0.307. The van der Waals surface area contributed by atoms with E-state index in [1.807, 2.05) is 6.92 Å². The minimum Gasteiger partial charge on any atom is -0.463 e. The largest absolute Gasteiger partial charge is 0.463 e. The fourth-order valence-corrected chi connectivity index (χ4v) is 1.78. The van der Waals surface area contributed by atoms with Crippen LogP contribution in [0.15, 0.2) is 5.16 Å². The Bertz CT molecular complexity index is 366. The Labute approximate surface area is 106 Å². The molecule has 1 heterocycles. The summed E-state index contributed by atoms with van der Waals surface area (Å²) in [5.74, 6) is 5.63. The van der Waals surface area contributed by atoms with E-state index in [1.165, 1.54) is 0 Å². The van der Waals surface area contributed by atoms with E-state index in [0.29, 0.717) is 23.7 Å². The van der Waals surface area contributed by atoms with Crippen molar-refractivity contribution in [3.63, 3.8) is 0 Å². The molecule has 0 amide bonds. The molecule has 0 aliphatic heterocycles. The first-order valence-corrected chi connectivity index (χ1v) is 6.30. The molecule has 1 aromatic heterocycles. The van der Waals surface area contributed by atoms with Gasteiger partial charge in [-0.2, -0.15) is 15.0 Å². The van der Waals surface area contributed by atoms with Crippen molar-refractivity contribution in [3.05, 3.63) is 0 Å². The van der Waals surface area contributed by atoms with Gasteiger partial charge in [0.25, 0.3) is 0 Å². The van der Waals surface area contributed by atoms with Crippen molar-refractivity contribution in [1.29, 1.82) is 0 Å². The van der Waals surface area contributed by atoms with Gasteiger partial charge in [-0.3, -0.25) is 5.43 Å². The molecule has 0 saturated heterocycles. The zero-order valence-corrected chi connectivity index (χ0v) is 11.5. The summed E-state index contributed by atoms with van der Waals surface area (Å²) in [7, 11) is 0. The van der Waals surface area contributed by atoms with Gasteiger partial charge in [0.1, 0.15) is 0 Å². The summed E-state index contributed by atoms with van der Waals surface area (Å²) >= 11 is 1.54. The number of nitrogens with zero attached hydrogens (tertiary/aromatic N) is 3. The monoisotopic (exact) mass is 257 g/mol. The molecule has 0 spiro atoms. The zero-order chi connectivity index (χ0) is 12.9. The smallest absolute Gasteiger partial charge is 0.322 e. The molecule has 0 radical (unpaired) electrons. The lowest BCUT2D eigenvalue weighted by molar-refractivity contribution is 0.288. The maximum atomic E-state index is 5.38. The highest BCUT2D eigenvalue weighted by Crippen LogP contribution is 2.30. The molecule has 1 aromatic rings. The van der Waals surface area contributed by atoms with Crippen molar-refractivity contribution in [2.75, 3.05) is 12.0 Å². The third kappa shape index (κ3) is 5.18. The van der Waals surface area contributed by atoms with Crippen LogP contribution in [-0.2, 0) is 0 Å². The van der Waals surface area contributed by atoms with Gasteiger partial charge in [0.05, 0.1) is 6.61 Å². The van der Waals surface area contributed by atoms with Gasteiger partial charge in [0, 0.05) is 4.75 Å². The van der Waals surface area contributed by atoms with Gasteiger partial charge in [-0.1, -0.05) is 39.5 Å². The minimum atomic E-state index is 0.0231. The van der Waals surface area contributed by atoms with Crippen LogP contribution >= 0.6 is 11.8 Å². The van der Waals surface area contributed by atoms with Gasteiger partial charge in [0.2, 0.25) is 5.95 Å². The fourth-order valence-electron chi connectivity index (χ4n) is 0.980. The van der Waals surface area contributed by atoms with Crippen molar-refractivity contribution < 1.29 is 4.74 Å². The second-order valence-electron chi connectivity index (χ2n) is 4.43. The van der Waals surface area contributed by atoms with E-state index in [1.54, 1.807) is 11.8 Å². The Morgan fingerprint density at radius 3 is 2.53 bits per heavy atom. The van der Waals surface area contributed by atoms with E-state index in [2.05, 4.69) is 41.1 Å². The number of hydrogen-bond donors (Lipinski definition) is 2. The van der Waals surface area contributed by atoms with Crippen molar-refractivity contribution in [2.45, 2.75) is 44.0 Å². The molecule has 0 aromatic carbocycles. The first kappa shape index (κ1) is 14.0. The third-order valence-corrected chi connectivity index (χ3v) is 2.53. The molecule has 7 heteroatoms. The van der Waals surface area contributed by atoms with Crippen molar-refractivity contribution in [1.82, 2.24) is 15.0 Å².